The van der Waals surface area contributed by atoms with E-state index in [0.717, 1.165) is 41.5 Å². The Balaban J connectivity index is 0.000000438. The molecule has 0 fully saturated rings. The Hall–Kier alpha value is -2.56. The SMILES string of the molecule is CN1CCC=C(c2nsnc2SCCC(=O)c2ccccc2)C1.O=C(O)C(=O)O. The number of carboxylic acid groups (broad SMARTS) is 2. The maximum Gasteiger partial charge on any atom is 0.414 e. The fraction of sp³-hybridized carbons (Fsp3) is 0.316. The molecule has 1 aliphatic rings. The lowest BCUT2D eigenvalue weighted by molar-refractivity contribution is -0.159. The number of aromatic nitrogens is 2. The highest BCUT2D eigenvalue weighted by molar-refractivity contribution is 7.99. The van der Waals surface area contributed by atoms with Crippen LogP contribution in [0.1, 0.15) is 28.9 Å². The van der Waals surface area contributed by atoms with Gasteiger partial charge in [-0.15, -0.1) is 11.8 Å². The summed E-state index contributed by atoms with van der Waals surface area (Å²) in [5, 5.41) is 15.7. The highest BCUT2D eigenvalue weighted by Gasteiger charge is 2.18. The van der Waals surface area contributed by atoms with Gasteiger partial charge in [-0.1, -0.05) is 36.4 Å². The predicted molar refractivity (Wildman–Crippen MR) is 111 cm³/mol. The van der Waals surface area contributed by atoms with Crippen LogP contribution in [0.5, 0.6) is 0 Å². The zero-order valence-corrected chi connectivity index (χ0v) is 17.4. The van der Waals surface area contributed by atoms with Gasteiger partial charge in [-0.25, -0.2) is 9.59 Å². The second-order valence-corrected chi connectivity index (χ2v) is 7.78. The Morgan fingerprint density at radius 3 is 2.45 bits per heavy atom. The van der Waals surface area contributed by atoms with Crippen LogP contribution >= 0.6 is 23.5 Å². The van der Waals surface area contributed by atoms with Crippen LogP contribution in [0, 0.1) is 0 Å². The number of hydrogen-bond donors (Lipinski definition) is 2. The molecule has 0 saturated carbocycles. The lowest BCUT2D eigenvalue weighted by Gasteiger charge is -2.22. The van der Waals surface area contributed by atoms with Crippen LogP contribution in [-0.2, 0) is 9.59 Å². The van der Waals surface area contributed by atoms with Gasteiger partial charge in [0.25, 0.3) is 0 Å². The molecule has 2 N–H and O–H groups in total. The molecule has 154 valence electrons. The number of carboxylic acids is 2. The number of ketones is 1. The van der Waals surface area contributed by atoms with E-state index in [1.54, 1.807) is 11.8 Å². The van der Waals surface area contributed by atoms with Crippen molar-refractivity contribution in [1.82, 2.24) is 13.6 Å². The minimum atomic E-state index is -1.82. The molecule has 29 heavy (non-hydrogen) atoms. The minimum Gasteiger partial charge on any atom is -0.473 e. The molecular weight excluding hydrogens is 414 g/mol. The molecule has 0 spiro atoms. The van der Waals surface area contributed by atoms with Crippen LogP contribution in [0.15, 0.2) is 41.4 Å². The predicted octanol–water partition coefficient (Wildman–Crippen LogP) is 2.78. The molecule has 0 aliphatic carbocycles. The summed E-state index contributed by atoms with van der Waals surface area (Å²) in [7, 11) is 2.12. The van der Waals surface area contributed by atoms with E-state index in [4.69, 9.17) is 19.8 Å². The first-order valence-electron chi connectivity index (χ1n) is 8.76. The Bertz CT molecular complexity index is 871. The molecule has 2 aromatic rings. The zero-order valence-electron chi connectivity index (χ0n) is 15.8. The number of nitrogens with zero attached hydrogens (tertiary/aromatic N) is 3. The number of benzene rings is 1. The third-order valence-corrected chi connectivity index (χ3v) is 5.56. The fourth-order valence-electron chi connectivity index (χ4n) is 2.55. The van der Waals surface area contributed by atoms with Crippen LogP contribution < -0.4 is 0 Å². The monoisotopic (exact) mass is 435 g/mol. The number of carbonyl (C=O) groups is 3. The van der Waals surface area contributed by atoms with Crippen LogP contribution in [0.3, 0.4) is 0 Å². The van der Waals surface area contributed by atoms with Gasteiger partial charge in [0.1, 0.15) is 10.7 Å². The summed E-state index contributed by atoms with van der Waals surface area (Å²) < 4.78 is 8.87. The Kier molecular flexibility index (Phi) is 8.97. The van der Waals surface area contributed by atoms with Crippen molar-refractivity contribution < 1.29 is 24.6 Å². The number of Topliss-reactive ketones (excluding diaryl/α,β-unsaturated/α-hetero) is 1. The molecular formula is C19H21N3O5S2. The van der Waals surface area contributed by atoms with Gasteiger partial charge in [-0.2, -0.15) is 8.75 Å². The molecule has 0 bridgehead atoms. The number of rotatable bonds is 6. The largest absolute Gasteiger partial charge is 0.473 e. The summed E-state index contributed by atoms with van der Waals surface area (Å²) in [5.41, 5.74) is 3.03. The van der Waals surface area contributed by atoms with Crippen molar-refractivity contribution in [2.24, 2.45) is 0 Å². The molecule has 3 rings (SSSR count). The van der Waals surface area contributed by atoms with E-state index in [2.05, 4.69) is 26.8 Å². The summed E-state index contributed by atoms with van der Waals surface area (Å²) in [4.78, 5) is 32.6. The standard InChI is InChI=1S/C17H19N3OS2.C2H2O4/c1-20-10-5-8-14(12-20)16-17(19-23-18-16)22-11-9-15(21)13-6-3-2-4-7-13;3-1(4)2(5)6/h2-4,6-8H,5,9-12H2,1H3;(H,3,4)(H,5,6). The van der Waals surface area contributed by atoms with Crippen molar-refractivity contribution in [3.63, 3.8) is 0 Å². The summed E-state index contributed by atoms with van der Waals surface area (Å²) in [6.07, 6.45) is 3.83. The van der Waals surface area contributed by atoms with Gasteiger partial charge in [0.15, 0.2) is 5.78 Å². The molecule has 0 radical (unpaired) electrons. The van der Waals surface area contributed by atoms with Crippen molar-refractivity contribution in [1.29, 1.82) is 0 Å². The van der Waals surface area contributed by atoms with Gasteiger partial charge in [-0.3, -0.25) is 4.79 Å². The smallest absolute Gasteiger partial charge is 0.414 e. The number of hydrogen-bond acceptors (Lipinski definition) is 8. The molecule has 2 heterocycles. The topological polar surface area (TPSA) is 121 Å². The molecule has 0 amide bonds. The maximum atomic E-state index is 12.1. The summed E-state index contributed by atoms with van der Waals surface area (Å²) >= 11 is 2.88. The molecule has 10 heteroatoms. The summed E-state index contributed by atoms with van der Waals surface area (Å²) in [6, 6.07) is 9.45. The molecule has 1 aliphatic heterocycles. The van der Waals surface area contributed by atoms with Crippen LogP contribution in [0.4, 0.5) is 0 Å². The number of aliphatic carboxylic acids is 2. The minimum absolute atomic E-state index is 0.180. The van der Waals surface area contributed by atoms with E-state index in [1.165, 1.54) is 17.3 Å². The first kappa shape index (κ1) is 22.7. The molecule has 8 nitrogen and oxygen atoms in total. The van der Waals surface area contributed by atoms with E-state index in [0.29, 0.717) is 6.42 Å². The van der Waals surface area contributed by atoms with Crippen molar-refractivity contribution in [3.05, 3.63) is 47.7 Å². The molecule has 0 atom stereocenters. The second-order valence-electron chi connectivity index (χ2n) is 6.17. The van der Waals surface area contributed by atoms with E-state index in [1.807, 2.05) is 30.3 Å². The average Bonchev–Trinajstić information content (AvgIpc) is 3.17. The highest BCUT2D eigenvalue weighted by Crippen LogP contribution is 2.29. The third-order valence-electron chi connectivity index (χ3n) is 3.95. The van der Waals surface area contributed by atoms with Crippen LogP contribution in [0.2, 0.25) is 0 Å². The van der Waals surface area contributed by atoms with E-state index in [-0.39, 0.29) is 5.78 Å². The van der Waals surface area contributed by atoms with E-state index >= 15 is 0 Å². The Labute approximate surface area is 176 Å². The van der Waals surface area contributed by atoms with Gasteiger partial charge in [0.05, 0.1) is 11.7 Å². The van der Waals surface area contributed by atoms with Crippen molar-refractivity contribution in [2.75, 3.05) is 25.9 Å². The number of carbonyl (C=O) groups excluding carboxylic acids is 1. The molecule has 0 unspecified atom stereocenters. The van der Waals surface area contributed by atoms with Gasteiger partial charge < -0.3 is 15.1 Å². The normalized spacial score (nSPS) is 13.8. The first-order valence-corrected chi connectivity index (χ1v) is 10.5. The van der Waals surface area contributed by atoms with Gasteiger partial charge in [0, 0.05) is 30.8 Å². The van der Waals surface area contributed by atoms with Gasteiger partial charge >= 0.3 is 11.9 Å². The second kappa shape index (κ2) is 11.4. The van der Waals surface area contributed by atoms with Crippen molar-refractivity contribution in [3.8, 4) is 0 Å². The Morgan fingerprint density at radius 1 is 1.14 bits per heavy atom. The fourth-order valence-corrected chi connectivity index (χ4v) is 4.19. The number of likely N-dealkylation sites (N-methyl/N-ethyl adjacent to an activating group) is 1. The first-order chi connectivity index (χ1) is 13.9. The quantitative estimate of drug-likeness (QED) is 0.401. The molecule has 0 saturated heterocycles. The lowest BCUT2D eigenvalue weighted by Crippen LogP contribution is -2.25. The average molecular weight is 436 g/mol. The lowest BCUT2D eigenvalue weighted by atomic mass is 10.1. The van der Waals surface area contributed by atoms with E-state index in [9.17, 15) is 4.79 Å². The number of thioether (sulfide) groups is 1. The Morgan fingerprint density at radius 2 is 1.83 bits per heavy atom. The summed E-state index contributed by atoms with van der Waals surface area (Å²) in [6.45, 7) is 2.01. The van der Waals surface area contributed by atoms with Crippen molar-refractivity contribution in [2.45, 2.75) is 17.9 Å². The summed E-state index contributed by atoms with van der Waals surface area (Å²) in [5.74, 6) is -2.74. The maximum absolute atomic E-state index is 12.1. The molecule has 1 aromatic heterocycles. The van der Waals surface area contributed by atoms with Gasteiger partial charge in [-0.05, 0) is 19.0 Å². The zero-order chi connectivity index (χ0) is 21.2. The van der Waals surface area contributed by atoms with Crippen LogP contribution in [-0.4, -0.2) is 67.5 Å². The highest BCUT2D eigenvalue weighted by atomic mass is 32.2. The third kappa shape index (κ3) is 7.41. The van der Waals surface area contributed by atoms with Crippen molar-refractivity contribution >= 4 is 46.8 Å². The molecule has 1 aromatic carbocycles. The van der Waals surface area contributed by atoms with Gasteiger partial charge in [0.2, 0.25) is 0 Å². The van der Waals surface area contributed by atoms with Crippen LogP contribution in [0.25, 0.3) is 5.57 Å². The van der Waals surface area contributed by atoms with E-state index < -0.39 is 11.9 Å².